The number of hydrogen-bond donors (Lipinski definition) is 1. The van der Waals surface area contributed by atoms with E-state index in [1.54, 1.807) is 9.21 Å². The number of nitrogens with one attached hydrogen (secondary N) is 1. The van der Waals surface area contributed by atoms with Crippen LogP contribution in [0.3, 0.4) is 0 Å². The molecule has 0 amide bonds. The van der Waals surface area contributed by atoms with Crippen LogP contribution in [0, 0.1) is 0 Å². The van der Waals surface area contributed by atoms with Gasteiger partial charge in [0, 0.05) is 19.8 Å². The monoisotopic (exact) mass is 405 g/mol. The van der Waals surface area contributed by atoms with E-state index in [9.17, 15) is 0 Å². The van der Waals surface area contributed by atoms with Crippen molar-refractivity contribution in [3.63, 3.8) is 0 Å². The molecule has 0 spiro atoms. The van der Waals surface area contributed by atoms with Gasteiger partial charge in [-0.3, -0.25) is 14.2 Å². The Morgan fingerprint density at radius 2 is 1.21 bits per heavy atom. The molecule has 1 saturated heterocycles. The minimum absolute atomic E-state index is 0.235. The summed E-state index contributed by atoms with van der Waals surface area (Å²) in [6, 6.07) is 0. The van der Waals surface area contributed by atoms with Gasteiger partial charge < -0.3 is 14.2 Å². The first-order chi connectivity index (χ1) is 11.5. The van der Waals surface area contributed by atoms with Crippen molar-refractivity contribution in [2.24, 2.45) is 0 Å². The van der Waals surface area contributed by atoms with Gasteiger partial charge >= 0.3 is 0 Å². The predicted octanol–water partition coefficient (Wildman–Crippen LogP) is 3.46. The van der Waals surface area contributed by atoms with Gasteiger partial charge in [-0.05, 0) is 41.5 Å². The minimum Gasteiger partial charge on any atom is -0.353 e. The molecule has 1 aliphatic heterocycles. The maximum absolute atomic E-state index is 6.02. The maximum Gasteiger partial charge on any atom is 0.250 e. The summed E-state index contributed by atoms with van der Waals surface area (Å²) in [5.41, 5.74) is 0. The lowest BCUT2D eigenvalue weighted by molar-refractivity contribution is -0.223. The Labute approximate surface area is 149 Å². The highest BCUT2D eigenvalue weighted by molar-refractivity contribution is 7.69. The summed E-state index contributed by atoms with van der Waals surface area (Å²) in [4.78, 5) is 14.9. The fourth-order valence-corrected chi connectivity index (χ4v) is 6.77. The summed E-state index contributed by atoms with van der Waals surface area (Å²) in [5.74, 6) is 0. The highest BCUT2D eigenvalue weighted by atomic mass is 31.2. The van der Waals surface area contributed by atoms with Gasteiger partial charge in [0.25, 0.3) is 0 Å². The Morgan fingerprint density at radius 3 is 1.62 bits per heavy atom. The van der Waals surface area contributed by atoms with Gasteiger partial charge in [0.15, 0.2) is 18.9 Å². The normalized spacial score (nSPS) is 26.0. The first-order valence-electron chi connectivity index (χ1n) is 8.03. The van der Waals surface area contributed by atoms with Crippen molar-refractivity contribution >= 4 is 26.2 Å². The zero-order valence-electron chi connectivity index (χ0n) is 15.1. The van der Waals surface area contributed by atoms with Crippen LogP contribution in [0.1, 0.15) is 41.5 Å². The smallest absolute Gasteiger partial charge is 0.250 e. The van der Waals surface area contributed by atoms with E-state index in [0.29, 0.717) is 19.8 Å². The van der Waals surface area contributed by atoms with Gasteiger partial charge in [0.2, 0.25) is 8.45 Å². The lowest BCUT2D eigenvalue weighted by atomic mass is 10.7. The third kappa shape index (κ3) is 8.54. The molecule has 1 fully saturated rings. The van der Waals surface area contributed by atoms with Crippen molar-refractivity contribution < 1.29 is 28.4 Å². The van der Waals surface area contributed by atoms with E-state index in [4.69, 9.17) is 28.4 Å². The fraction of sp³-hybridized carbons (Fsp3) is 1.00. The third-order valence-electron chi connectivity index (χ3n) is 2.56. The second-order valence-corrected chi connectivity index (χ2v) is 8.99. The van der Waals surface area contributed by atoms with Gasteiger partial charge in [0.1, 0.15) is 0 Å². The van der Waals surface area contributed by atoms with Crippen LogP contribution in [0.4, 0.5) is 0 Å². The topological polar surface area (TPSA) is 73.9 Å². The molecule has 1 aliphatic rings. The summed E-state index contributed by atoms with van der Waals surface area (Å²) in [7, 11) is -0.867. The molecule has 9 nitrogen and oxygen atoms in total. The van der Waals surface area contributed by atoms with E-state index in [0.717, 1.165) is 0 Å². The van der Waals surface area contributed by atoms with Gasteiger partial charge in [-0.1, -0.05) is 9.21 Å². The molecule has 0 saturated carbocycles. The molecule has 0 radical (unpaired) electrons. The van der Waals surface area contributed by atoms with Crippen LogP contribution in [0.5, 0.6) is 0 Å². The SMILES string of the molecule is CCOC(C)ON1PNPN(OC(C)OCC)P1OC(C)OCC. The quantitative estimate of drug-likeness (QED) is 0.388. The Balaban J connectivity index is 2.74. The van der Waals surface area contributed by atoms with Crippen molar-refractivity contribution in [1.29, 1.82) is 0 Å². The molecule has 1 N–H and O–H groups in total. The molecule has 0 aromatic heterocycles. The van der Waals surface area contributed by atoms with Gasteiger partial charge in [-0.15, -0.1) is 0 Å². The minimum atomic E-state index is -1.34. The molecule has 1 rings (SSSR count). The third-order valence-corrected chi connectivity index (χ3v) is 6.97. The highest BCUT2D eigenvalue weighted by Gasteiger charge is 2.37. The van der Waals surface area contributed by atoms with Crippen LogP contribution in [-0.4, -0.2) is 47.9 Å². The number of ether oxygens (including phenoxy) is 3. The van der Waals surface area contributed by atoms with Crippen molar-refractivity contribution in [2.45, 2.75) is 60.4 Å². The summed E-state index contributed by atoms with van der Waals surface area (Å²) in [6.07, 6.45) is -1.14. The second-order valence-electron chi connectivity index (χ2n) is 4.53. The molecule has 144 valence electrons. The molecule has 5 unspecified atom stereocenters. The van der Waals surface area contributed by atoms with Gasteiger partial charge in [0.05, 0.1) is 17.8 Å². The van der Waals surface area contributed by atoms with Crippen LogP contribution in [-0.2, 0) is 28.4 Å². The Kier molecular flexibility index (Phi) is 12.6. The molecular formula is C12H30N3O6P3. The summed E-state index contributed by atoms with van der Waals surface area (Å²) in [5, 5.41) is 0. The fourth-order valence-electron chi connectivity index (χ4n) is 1.71. The van der Waals surface area contributed by atoms with Gasteiger partial charge in [-0.25, -0.2) is 4.86 Å². The van der Waals surface area contributed by atoms with Crippen LogP contribution < -0.4 is 4.86 Å². The Bertz CT molecular complexity index is 314. The summed E-state index contributed by atoms with van der Waals surface area (Å²) < 4.78 is 25.9. The lowest BCUT2D eigenvalue weighted by Gasteiger charge is -2.41. The zero-order chi connectivity index (χ0) is 17.9. The van der Waals surface area contributed by atoms with E-state index in [1.807, 2.05) is 41.5 Å². The summed E-state index contributed by atoms with van der Waals surface area (Å²) in [6.45, 7) is 13.0. The number of nitrogens with zero attached hydrogens (tertiary/aromatic N) is 2. The standard InChI is InChI=1S/C12H30N3O6P3/c1-7-16-10(4)19-14-22-13-23-15(20-11(5)17-8-2)24(14)21-12(6)18-9-3/h10-13,22-23H,7-9H2,1-6H3. The van der Waals surface area contributed by atoms with Gasteiger partial charge in [-0.2, -0.15) is 0 Å². The van der Waals surface area contributed by atoms with E-state index < -0.39 is 8.45 Å². The highest BCUT2D eigenvalue weighted by Crippen LogP contribution is 2.61. The molecule has 1 heterocycles. The number of rotatable bonds is 12. The van der Waals surface area contributed by atoms with Crippen molar-refractivity contribution in [1.82, 2.24) is 14.1 Å². The molecule has 0 aliphatic carbocycles. The Morgan fingerprint density at radius 1 is 0.792 bits per heavy atom. The van der Waals surface area contributed by atoms with Crippen LogP contribution in [0.2, 0.25) is 0 Å². The van der Waals surface area contributed by atoms with E-state index in [-0.39, 0.29) is 36.6 Å². The summed E-state index contributed by atoms with van der Waals surface area (Å²) >= 11 is 0. The maximum atomic E-state index is 6.02. The molecule has 12 heteroatoms. The molecule has 0 aromatic rings. The zero-order valence-corrected chi connectivity index (χ0v) is 18.0. The molecule has 0 aromatic carbocycles. The predicted molar refractivity (Wildman–Crippen MR) is 96.9 cm³/mol. The lowest BCUT2D eigenvalue weighted by Crippen LogP contribution is -2.34. The largest absolute Gasteiger partial charge is 0.353 e. The first kappa shape index (κ1) is 23.0. The van der Waals surface area contributed by atoms with E-state index in [1.165, 1.54) is 0 Å². The van der Waals surface area contributed by atoms with Crippen LogP contribution >= 0.6 is 26.2 Å². The molecule has 24 heavy (non-hydrogen) atoms. The van der Waals surface area contributed by atoms with Crippen molar-refractivity contribution in [3.8, 4) is 0 Å². The molecular weight excluding hydrogens is 375 g/mol. The van der Waals surface area contributed by atoms with Crippen LogP contribution in [0.25, 0.3) is 0 Å². The van der Waals surface area contributed by atoms with Crippen molar-refractivity contribution in [2.75, 3.05) is 19.8 Å². The average Bonchev–Trinajstić information content (AvgIpc) is 2.51. The number of hydrogen-bond acceptors (Lipinski definition) is 9. The van der Waals surface area contributed by atoms with E-state index in [2.05, 4.69) is 4.86 Å². The van der Waals surface area contributed by atoms with Crippen LogP contribution in [0.15, 0.2) is 0 Å². The second kappa shape index (κ2) is 13.2. The molecule has 5 atom stereocenters. The Hall–Kier alpha value is 0.930. The first-order valence-corrected chi connectivity index (χ1v) is 11.1. The van der Waals surface area contributed by atoms with E-state index >= 15 is 0 Å². The van der Waals surface area contributed by atoms with Crippen molar-refractivity contribution in [3.05, 3.63) is 0 Å². The average molecular weight is 405 g/mol. The molecule has 0 bridgehead atoms.